The largest absolute Gasteiger partial charge is 0.494 e. The van der Waals surface area contributed by atoms with Gasteiger partial charge in [-0.2, -0.15) is 0 Å². The van der Waals surface area contributed by atoms with E-state index in [0.29, 0.717) is 11.3 Å². The van der Waals surface area contributed by atoms with E-state index < -0.39 is 17.6 Å². The maximum Gasteiger partial charge on any atom is 0.271 e. The first-order valence-electron chi connectivity index (χ1n) is 7.76. The summed E-state index contributed by atoms with van der Waals surface area (Å²) < 4.78 is 20.3. The Morgan fingerprint density at radius 1 is 0.962 bits per heavy atom. The minimum Gasteiger partial charge on any atom is -0.494 e. The number of carbonyl (C=O) groups excluding carboxylic acids is 2. The molecule has 0 atom stereocenters. The van der Waals surface area contributed by atoms with Crippen LogP contribution in [0.5, 0.6) is 5.75 Å². The highest BCUT2D eigenvalue weighted by Crippen LogP contribution is 2.17. The van der Waals surface area contributed by atoms with Crippen LogP contribution in [0.1, 0.15) is 20.7 Å². The molecule has 0 aliphatic rings. The standard InChI is InChI=1S/C19H16FN3O3/c1-26-17-9-8-13(12-15(17)20)18(24)21-22-19(25)14-6-2-3-7-16(14)23-10-4-5-11-23/h2-12H,1H3,(H,21,24)(H,22,25). The van der Waals surface area contributed by atoms with Crippen molar-refractivity contribution in [2.45, 2.75) is 0 Å². The number of nitrogens with zero attached hydrogens (tertiary/aromatic N) is 1. The molecule has 0 radical (unpaired) electrons. The molecule has 2 N–H and O–H groups in total. The van der Waals surface area contributed by atoms with Gasteiger partial charge in [0.15, 0.2) is 11.6 Å². The zero-order chi connectivity index (χ0) is 18.5. The van der Waals surface area contributed by atoms with Crippen LogP contribution in [0.25, 0.3) is 5.69 Å². The number of ether oxygens (including phenoxy) is 1. The van der Waals surface area contributed by atoms with Gasteiger partial charge < -0.3 is 9.30 Å². The zero-order valence-corrected chi connectivity index (χ0v) is 13.9. The van der Waals surface area contributed by atoms with Gasteiger partial charge in [0.25, 0.3) is 11.8 Å². The highest BCUT2D eigenvalue weighted by Gasteiger charge is 2.14. The summed E-state index contributed by atoms with van der Waals surface area (Å²) >= 11 is 0. The van der Waals surface area contributed by atoms with Gasteiger partial charge >= 0.3 is 0 Å². The minimum atomic E-state index is -0.663. The number of halogens is 1. The monoisotopic (exact) mass is 353 g/mol. The molecular formula is C19H16FN3O3. The molecule has 0 aliphatic carbocycles. The normalized spacial score (nSPS) is 10.2. The van der Waals surface area contributed by atoms with Crippen LogP contribution < -0.4 is 15.6 Å². The summed E-state index contributed by atoms with van der Waals surface area (Å²) in [4.78, 5) is 24.5. The third-order valence-corrected chi connectivity index (χ3v) is 3.73. The molecule has 1 heterocycles. The van der Waals surface area contributed by atoms with E-state index in [4.69, 9.17) is 4.74 Å². The summed E-state index contributed by atoms with van der Waals surface area (Å²) in [5, 5.41) is 0. The molecule has 132 valence electrons. The number of benzene rings is 2. The third-order valence-electron chi connectivity index (χ3n) is 3.73. The molecule has 2 aromatic carbocycles. The van der Waals surface area contributed by atoms with Crippen molar-refractivity contribution in [3.05, 3.63) is 83.9 Å². The van der Waals surface area contributed by atoms with E-state index in [-0.39, 0.29) is 11.3 Å². The van der Waals surface area contributed by atoms with Crippen LogP contribution in [0, 0.1) is 5.82 Å². The van der Waals surface area contributed by atoms with E-state index in [1.165, 1.54) is 19.2 Å². The maximum absolute atomic E-state index is 13.7. The first-order valence-corrected chi connectivity index (χ1v) is 7.76. The molecule has 0 spiro atoms. The molecule has 3 aromatic rings. The van der Waals surface area contributed by atoms with Crippen LogP contribution in [-0.2, 0) is 0 Å². The van der Waals surface area contributed by atoms with Gasteiger partial charge in [-0.05, 0) is 42.5 Å². The van der Waals surface area contributed by atoms with Crippen molar-refractivity contribution in [1.29, 1.82) is 0 Å². The molecule has 2 amide bonds. The van der Waals surface area contributed by atoms with E-state index in [0.717, 1.165) is 6.07 Å². The molecule has 0 saturated carbocycles. The number of hydrazine groups is 1. The first-order chi connectivity index (χ1) is 12.6. The lowest BCUT2D eigenvalue weighted by atomic mass is 10.1. The Hall–Kier alpha value is -3.61. The van der Waals surface area contributed by atoms with Crippen LogP contribution in [0.4, 0.5) is 4.39 Å². The summed E-state index contributed by atoms with van der Waals surface area (Å²) in [7, 11) is 1.33. The number of hydrogen-bond donors (Lipinski definition) is 2. The number of para-hydroxylation sites is 1. The van der Waals surface area contributed by atoms with Crippen molar-refractivity contribution in [3.8, 4) is 11.4 Å². The van der Waals surface area contributed by atoms with E-state index >= 15 is 0 Å². The Morgan fingerprint density at radius 2 is 1.65 bits per heavy atom. The molecule has 1 aromatic heterocycles. The van der Waals surface area contributed by atoms with Crippen molar-refractivity contribution in [1.82, 2.24) is 15.4 Å². The van der Waals surface area contributed by atoms with E-state index in [1.807, 2.05) is 30.6 Å². The van der Waals surface area contributed by atoms with Gasteiger partial charge in [-0.1, -0.05) is 12.1 Å². The molecule has 0 bridgehead atoms. The number of amides is 2. The average Bonchev–Trinajstić information content (AvgIpc) is 3.20. The van der Waals surface area contributed by atoms with Crippen LogP contribution in [0.15, 0.2) is 67.0 Å². The van der Waals surface area contributed by atoms with Gasteiger partial charge in [-0.25, -0.2) is 4.39 Å². The van der Waals surface area contributed by atoms with Crippen LogP contribution >= 0.6 is 0 Å². The van der Waals surface area contributed by atoms with Gasteiger partial charge in [-0.3, -0.25) is 20.4 Å². The topological polar surface area (TPSA) is 72.4 Å². The number of rotatable bonds is 4. The Kier molecular flexibility index (Phi) is 4.98. The lowest BCUT2D eigenvalue weighted by molar-refractivity contribution is 0.0846. The fourth-order valence-corrected chi connectivity index (χ4v) is 2.45. The Morgan fingerprint density at radius 3 is 2.35 bits per heavy atom. The van der Waals surface area contributed by atoms with Crippen molar-refractivity contribution in [2.75, 3.05) is 7.11 Å². The number of methoxy groups -OCH3 is 1. The highest BCUT2D eigenvalue weighted by molar-refractivity contribution is 6.01. The summed E-state index contributed by atoms with van der Waals surface area (Å²) in [6, 6.07) is 14.4. The van der Waals surface area contributed by atoms with E-state index in [2.05, 4.69) is 10.9 Å². The lowest BCUT2D eigenvalue weighted by Crippen LogP contribution is -2.42. The maximum atomic E-state index is 13.7. The summed E-state index contributed by atoms with van der Waals surface area (Å²) in [5.41, 5.74) is 5.72. The molecule has 26 heavy (non-hydrogen) atoms. The van der Waals surface area contributed by atoms with Crippen LogP contribution in [0.3, 0.4) is 0 Å². The van der Waals surface area contributed by atoms with Gasteiger partial charge in [0.05, 0.1) is 18.4 Å². The Labute approximate surface area is 149 Å². The van der Waals surface area contributed by atoms with Crippen molar-refractivity contribution in [3.63, 3.8) is 0 Å². The Bertz CT molecular complexity index is 939. The van der Waals surface area contributed by atoms with Crippen molar-refractivity contribution >= 4 is 11.8 Å². The first kappa shape index (κ1) is 17.2. The molecular weight excluding hydrogens is 337 g/mol. The Balaban J connectivity index is 1.72. The van der Waals surface area contributed by atoms with Crippen LogP contribution in [-0.4, -0.2) is 23.5 Å². The van der Waals surface area contributed by atoms with E-state index in [9.17, 15) is 14.0 Å². The molecule has 0 saturated heterocycles. The highest BCUT2D eigenvalue weighted by atomic mass is 19.1. The number of hydrogen-bond acceptors (Lipinski definition) is 3. The summed E-state index contributed by atoms with van der Waals surface area (Å²) in [5.74, 6) is -1.76. The average molecular weight is 353 g/mol. The van der Waals surface area contributed by atoms with Gasteiger partial charge in [0.2, 0.25) is 0 Å². The van der Waals surface area contributed by atoms with Gasteiger partial charge in [0, 0.05) is 18.0 Å². The van der Waals surface area contributed by atoms with E-state index in [1.54, 1.807) is 22.8 Å². The second kappa shape index (κ2) is 7.52. The van der Waals surface area contributed by atoms with Gasteiger partial charge in [-0.15, -0.1) is 0 Å². The molecule has 3 rings (SSSR count). The fourth-order valence-electron chi connectivity index (χ4n) is 2.45. The molecule has 0 fully saturated rings. The number of nitrogens with one attached hydrogen (secondary N) is 2. The van der Waals surface area contributed by atoms with Crippen LogP contribution in [0.2, 0.25) is 0 Å². The molecule has 0 aliphatic heterocycles. The molecule has 7 heteroatoms. The van der Waals surface area contributed by atoms with Gasteiger partial charge in [0.1, 0.15) is 0 Å². The summed E-state index contributed by atoms with van der Waals surface area (Å²) in [6.07, 6.45) is 3.62. The van der Waals surface area contributed by atoms with Crippen molar-refractivity contribution < 1.29 is 18.7 Å². The minimum absolute atomic E-state index is 0.0336. The quantitative estimate of drug-likeness (QED) is 0.709. The fraction of sp³-hybridized carbons (Fsp3) is 0.0526. The zero-order valence-electron chi connectivity index (χ0n) is 13.9. The molecule has 0 unspecified atom stereocenters. The predicted molar refractivity (Wildman–Crippen MR) is 93.7 cm³/mol. The lowest BCUT2D eigenvalue weighted by Gasteiger charge is -2.12. The predicted octanol–water partition coefficient (Wildman–Crippen LogP) is 2.70. The summed E-state index contributed by atoms with van der Waals surface area (Å²) in [6.45, 7) is 0. The second-order valence-corrected chi connectivity index (χ2v) is 5.37. The SMILES string of the molecule is COc1ccc(C(=O)NNC(=O)c2ccccc2-n2cccc2)cc1F. The number of carbonyl (C=O) groups is 2. The second-order valence-electron chi connectivity index (χ2n) is 5.37. The number of aromatic nitrogens is 1. The smallest absolute Gasteiger partial charge is 0.271 e. The van der Waals surface area contributed by atoms with Crippen molar-refractivity contribution in [2.24, 2.45) is 0 Å². The molecule has 6 nitrogen and oxygen atoms in total. The third kappa shape index (κ3) is 3.56.